The van der Waals surface area contributed by atoms with Gasteiger partial charge in [-0.3, -0.25) is 0 Å². The number of nitrogen functional groups attached to an aromatic ring is 1. The molecule has 3 heterocycles. The van der Waals surface area contributed by atoms with E-state index in [1.165, 1.54) is 6.33 Å². The van der Waals surface area contributed by atoms with Gasteiger partial charge in [0, 0.05) is 0 Å². The zero-order valence-electron chi connectivity index (χ0n) is 26.1. The third-order valence-corrected chi connectivity index (χ3v) is 8.08. The fraction of sp³-hybridized carbons (Fsp3) is 0.257. The van der Waals surface area contributed by atoms with Crippen molar-refractivity contribution in [3.8, 4) is 0 Å². The Bertz CT molecular complexity index is 1940. The molecule has 0 radical (unpaired) electrons. The number of aryl methyl sites for hydroxylation is 3. The SMILES string of the molecule is Cc1ccc(C(=O)OCC2OC(c3noc4c(N)ncnc34)[C@](C)(OC(=O)c3ccc(C)cc3)[C@@H]2OC(=O)c2ccc(C)cc2)cc1. The van der Waals surface area contributed by atoms with Crippen LogP contribution in [0.2, 0.25) is 0 Å². The summed E-state index contributed by atoms with van der Waals surface area (Å²) in [6.45, 7) is 6.88. The summed E-state index contributed by atoms with van der Waals surface area (Å²) >= 11 is 0. The summed E-state index contributed by atoms with van der Waals surface area (Å²) in [5.74, 6) is -2.00. The van der Waals surface area contributed by atoms with Crippen LogP contribution in [0.15, 0.2) is 83.6 Å². The summed E-state index contributed by atoms with van der Waals surface area (Å²) in [4.78, 5) is 48.5. The Morgan fingerprint density at radius 3 is 1.89 bits per heavy atom. The number of hydrogen-bond donors (Lipinski definition) is 1. The predicted molar refractivity (Wildman–Crippen MR) is 168 cm³/mol. The van der Waals surface area contributed by atoms with Gasteiger partial charge in [-0.05, 0) is 64.1 Å². The smallest absolute Gasteiger partial charge is 0.338 e. The molecule has 0 saturated carbocycles. The van der Waals surface area contributed by atoms with Gasteiger partial charge in [0.2, 0.25) is 5.58 Å². The number of rotatable bonds is 8. The highest BCUT2D eigenvalue weighted by atomic mass is 16.7. The highest BCUT2D eigenvalue weighted by molar-refractivity contribution is 5.91. The van der Waals surface area contributed by atoms with Gasteiger partial charge in [0.1, 0.15) is 36.4 Å². The Morgan fingerprint density at radius 1 is 0.787 bits per heavy atom. The zero-order valence-corrected chi connectivity index (χ0v) is 26.1. The summed E-state index contributed by atoms with van der Waals surface area (Å²) in [7, 11) is 0. The molecule has 2 aromatic heterocycles. The van der Waals surface area contributed by atoms with Crippen molar-refractivity contribution in [1.29, 1.82) is 0 Å². The van der Waals surface area contributed by atoms with Crippen molar-refractivity contribution in [2.45, 2.75) is 51.6 Å². The van der Waals surface area contributed by atoms with Crippen molar-refractivity contribution in [2.75, 3.05) is 12.3 Å². The maximum absolute atomic E-state index is 13.7. The molecule has 5 aromatic rings. The number of nitrogens with two attached hydrogens (primary N) is 1. The van der Waals surface area contributed by atoms with Gasteiger partial charge >= 0.3 is 17.9 Å². The van der Waals surface area contributed by atoms with Crippen LogP contribution in [0.3, 0.4) is 0 Å². The Kier molecular flexibility index (Phi) is 8.44. The molecule has 4 atom stereocenters. The minimum Gasteiger partial charge on any atom is -0.459 e. The first-order chi connectivity index (χ1) is 22.5. The van der Waals surface area contributed by atoms with Crippen LogP contribution >= 0.6 is 0 Å². The molecule has 1 aliphatic rings. The van der Waals surface area contributed by atoms with E-state index in [2.05, 4.69) is 15.1 Å². The molecule has 47 heavy (non-hydrogen) atoms. The van der Waals surface area contributed by atoms with Crippen molar-refractivity contribution >= 4 is 34.8 Å². The van der Waals surface area contributed by atoms with Gasteiger partial charge in [-0.25, -0.2) is 24.4 Å². The molecule has 2 N–H and O–H groups in total. The molecule has 1 fully saturated rings. The second-order valence-electron chi connectivity index (χ2n) is 11.7. The summed E-state index contributed by atoms with van der Waals surface area (Å²) < 4.78 is 29.9. The summed E-state index contributed by atoms with van der Waals surface area (Å²) in [6, 6.07) is 20.4. The number of anilines is 1. The summed E-state index contributed by atoms with van der Waals surface area (Å²) in [6.07, 6.45) is -2.40. The Hall–Kier alpha value is -5.62. The van der Waals surface area contributed by atoms with Crippen LogP contribution in [0.4, 0.5) is 5.82 Å². The molecule has 1 saturated heterocycles. The number of benzene rings is 3. The number of ether oxygens (including phenoxy) is 4. The average molecular weight is 637 g/mol. The molecule has 240 valence electrons. The number of carbonyl (C=O) groups excluding carboxylic acids is 3. The molecule has 12 nitrogen and oxygen atoms in total. The van der Waals surface area contributed by atoms with Crippen LogP contribution in [-0.2, 0) is 18.9 Å². The normalized spacial score (nSPS) is 20.6. The zero-order chi connectivity index (χ0) is 33.3. The average Bonchev–Trinajstić information content (AvgIpc) is 3.60. The van der Waals surface area contributed by atoms with Gasteiger partial charge in [-0.2, -0.15) is 0 Å². The van der Waals surface area contributed by atoms with E-state index in [1.54, 1.807) is 79.7 Å². The number of esters is 3. The lowest BCUT2D eigenvalue weighted by Gasteiger charge is -2.33. The van der Waals surface area contributed by atoms with Crippen molar-refractivity contribution in [3.05, 3.63) is 118 Å². The molecular weight excluding hydrogens is 604 g/mol. The van der Waals surface area contributed by atoms with Gasteiger partial charge < -0.3 is 29.2 Å². The van der Waals surface area contributed by atoms with Crippen LogP contribution in [-0.4, -0.2) is 57.4 Å². The van der Waals surface area contributed by atoms with Crippen LogP contribution in [0.25, 0.3) is 11.1 Å². The van der Waals surface area contributed by atoms with E-state index < -0.39 is 41.8 Å². The first kappa shape index (κ1) is 31.4. The van der Waals surface area contributed by atoms with Crippen LogP contribution < -0.4 is 5.73 Å². The minimum atomic E-state index is -1.74. The Balaban J connectivity index is 1.41. The van der Waals surface area contributed by atoms with E-state index in [0.717, 1.165) is 16.7 Å². The minimum absolute atomic E-state index is 0.0380. The number of hydrogen-bond acceptors (Lipinski definition) is 12. The number of nitrogens with zero attached hydrogens (tertiary/aromatic N) is 3. The molecular formula is C35H32N4O8. The predicted octanol–water partition coefficient (Wildman–Crippen LogP) is 5.26. The first-order valence-corrected chi connectivity index (χ1v) is 14.9. The molecule has 6 rings (SSSR count). The lowest BCUT2D eigenvalue weighted by Crippen LogP contribution is -2.49. The van der Waals surface area contributed by atoms with E-state index in [4.69, 9.17) is 29.2 Å². The standard InChI is InChI=1S/C35H32N4O8/c1-19-5-11-22(12-6-19)32(40)43-17-25-29(45-33(41)23-13-7-20(2)8-14-23)35(4,46-34(42)24-15-9-21(3)10-16-24)30(44-25)27-26-28(47-39-27)31(36)38-18-37-26/h5-16,18,25,29-30H,17H2,1-4H3,(H2,36,37,38)/t25?,29-,30?,35-/m1/s1. The van der Waals surface area contributed by atoms with E-state index in [9.17, 15) is 14.4 Å². The van der Waals surface area contributed by atoms with E-state index in [1.807, 2.05) is 20.8 Å². The van der Waals surface area contributed by atoms with Gasteiger partial charge in [-0.1, -0.05) is 58.2 Å². The van der Waals surface area contributed by atoms with Gasteiger partial charge in [0.05, 0.1) is 16.7 Å². The second kappa shape index (κ2) is 12.6. The number of fused-ring (bicyclic) bond motifs is 1. The highest BCUT2D eigenvalue weighted by Crippen LogP contribution is 2.47. The fourth-order valence-electron chi connectivity index (χ4n) is 5.39. The van der Waals surface area contributed by atoms with Gasteiger partial charge in [0.25, 0.3) is 0 Å². The van der Waals surface area contributed by atoms with Crippen molar-refractivity contribution in [1.82, 2.24) is 15.1 Å². The molecule has 2 unspecified atom stereocenters. The maximum atomic E-state index is 13.7. The van der Waals surface area contributed by atoms with E-state index >= 15 is 0 Å². The van der Waals surface area contributed by atoms with Crippen LogP contribution in [0.5, 0.6) is 0 Å². The summed E-state index contributed by atoms with van der Waals surface area (Å²) in [5, 5.41) is 4.17. The van der Waals surface area contributed by atoms with Crippen molar-refractivity contribution < 1.29 is 37.9 Å². The molecule has 0 bridgehead atoms. The molecule has 0 aliphatic carbocycles. The van der Waals surface area contributed by atoms with Crippen molar-refractivity contribution in [3.63, 3.8) is 0 Å². The molecule has 1 aliphatic heterocycles. The van der Waals surface area contributed by atoms with Gasteiger partial charge in [-0.15, -0.1) is 0 Å². The third-order valence-electron chi connectivity index (χ3n) is 8.08. The second-order valence-corrected chi connectivity index (χ2v) is 11.7. The largest absolute Gasteiger partial charge is 0.459 e. The van der Waals surface area contributed by atoms with E-state index in [-0.39, 0.29) is 40.3 Å². The van der Waals surface area contributed by atoms with Gasteiger partial charge in [0.15, 0.2) is 17.5 Å². The molecule has 0 amide bonds. The topological polar surface area (TPSA) is 166 Å². The first-order valence-electron chi connectivity index (χ1n) is 14.9. The van der Waals surface area contributed by atoms with E-state index in [0.29, 0.717) is 5.56 Å². The molecule has 3 aromatic carbocycles. The Morgan fingerprint density at radius 2 is 1.32 bits per heavy atom. The van der Waals surface area contributed by atoms with Crippen LogP contribution in [0.1, 0.15) is 66.5 Å². The third kappa shape index (κ3) is 6.27. The maximum Gasteiger partial charge on any atom is 0.338 e. The number of carbonyl (C=O) groups is 3. The monoisotopic (exact) mass is 636 g/mol. The molecule has 0 spiro atoms. The summed E-state index contributed by atoms with van der Waals surface area (Å²) in [5.41, 5.74) is 8.40. The van der Waals surface area contributed by atoms with Crippen LogP contribution in [0, 0.1) is 20.8 Å². The lowest BCUT2D eigenvalue weighted by molar-refractivity contribution is -0.0898. The fourth-order valence-corrected chi connectivity index (χ4v) is 5.39. The Labute approximate surface area is 269 Å². The highest BCUT2D eigenvalue weighted by Gasteiger charge is 2.61. The molecule has 12 heteroatoms. The quantitative estimate of drug-likeness (QED) is 0.174. The van der Waals surface area contributed by atoms with Crippen molar-refractivity contribution in [2.24, 2.45) is 0 Å². The lowest BCUT2D eigenvalue weighted by atomic mass is 9.89. The number of aromatic nitrogens is 3.